The fraction of sp³-hybridized carbons (Fsp3) is 0.515. The second-order valence-electron chi connectivity index (χ2n) is 11.5. The van der Waals surface area contributed by atoms with Crippen LogP contribution in [0.1, 0.15) is 80.9 Å². The fourth-order valence-electron chi connectivity index (χ4n) is 6.31. The molecule has 3 amide bonds. The van der Waals surface area contributed by atoms with Gasteiger partial charge in [-0.2, -0.15) is 0 Å². The summed E-state index contributed by atoms with van der Waals surface area (Å²) in [5.41, 5.74) is 4.21. The number of amides is 3. The van der Waals surface area contributed by atoms with Crippen LogP contribution in [0, 0.1) is 12.8 Å². The average molecular weight is 559 g/mol. The summed E-state index contributed by atoms with van der Waals surface area (Å²) in [6.07, 6.45) is 8.86. The molecule has 8 nitrogen and oxygen atoms in total. The Morgan fingerprint density at radius 1 is 0.902 bits per heavy atom. The summed E-state index contributed by atoms with van der Waals surface area (Å²) in [5, 5.41) is 2.74. The minimum Gasteiger partial charge on any atom is -0.445 e. The molecular formula is C33H42N4O4. The van der Waals surface area contributed by atoms with Crippen LogP contribution in [0.15, 0.2) is 53.5 Å². The Balaban J connectivity index is 1.45. The highest BCUT2D eigenvalue weighted by Crippen LogP contribution is 2.36. The van der Waals surface area contributed by atoms with E-state index in [4.69, 9.17) is 9.73 Å². The molecule has 1 saturated heterocycles. The normalized spacial score (nSPS) is 20.3. The zero-order valence-corrected chi connectivity index (χ0v) is 24.1. The molecule has 1 unspecified atom stereocenters. The number of carbonyl (C=O) groups excluding carboxylic acids is 3. The predicted octanol–water partition coefficient (Wildman–Crippen LogP) is 5.76. The lowest BCUT2D eigenvalue weighted by Gasteiger charge is -2.31. The van der Waals surface area contributed by atoms with Crippen LogP contribution in [-0.4, -0.2) is 54.3 Å². The highest BCUT2D eigenvalue weighted by molar-refractivity contribution is 6.15. The summed E-state index contributed by atoms with van der Waals surface area (Å²) >= 11 is 0. The van der Waals surface area contributed by atoms with E-state index in [0.717, 1.165) is 79.5 Å². The Labute approximate surface area is 243 Å². The zero-order chi connectivity index (χ0) is 28.6. The molecule has 0 radical (unpaired) electrons. The van der Waals surface area contributed by atoms with Crippen molar-refractivity contribution in [2.24, 2.45) is 10.9 Å². The van der Waals surface area contributed by atoms with Gasteiger partial charge in [-0.1, -0.05) is 87.1 Å². The van der Waals surface area contributed by atoms with Crippen LogP contribution in [0.25, 0.3) is 0 Å². The van der Waals surface area contributed by atoms with Gasteiger partial charge in [-0.25, -0.2) is 4.79 Å². The number of benzene rings is 2. The van der Waals surface area contributed by atoms with Crippen LogP contribution in [0.4, 0.5) is 10.5 Å². The molecule has 2 fully saturated rings. The van der Waals surface area contributed by atoms with Crippen LogP contribution in [-0.2, 0) is 20.9 Å². The Morgan fingerprint density at radius 3 is 2.32 bits per heavy atom. The summed E-state index contributed by atoms with van der Waals surface area (Å²) in [6, 6.07) is 15.4. The van der Waals surface area contributed by atoms with E-state index >= 15 is 0 Å². The van der Waals surface area contributed by atoms with Crippen LogP contribution < -0.4 is 10.2 Å². The number of benzodiazepines with no additional fused rings is 1. The number of fused-ring (bicyclic) bond motifs is 1. The summed E-state index contributed by atoms with van der Waals surface area (Å²) in [5.74, 6) is -0.295. The molecule has 41 heavy (non-hydrogen) atoms. The van der Waals surface area contributed by atoms with Crippen molar-refractivity contribution in [1.29, 1.82) is 0 Å². The number of aryl methyl sites for hydroxylation is 1. The Hall–Kier alpha value is -3.68. The zero-order valence-electron chi connectivity index (χ0n) is 24.1. The van der Waals surface area contributed by atoms with E-state index in [1.165, 1.54) is 12.8 Å². The number of carbonyl (C=O) groups is 3. The highest BCUT2D eigenvalue weighted by atomic mass is 16.5. The predicted molar refractivity (Wildman–Crippen MR) is 160 cm³/mol. The molecule has 2 heterocycles. The maximum atomic E-state index is 14.2. The van der Waals surface area contributed by atoms with Crippen LogP contribution in [0.3, 0.4) is 0 Å². The third-order valence-corrected chi connectivity index (χ3v) is 8.51. The maximum absolute atomic E-state index is 14.2. The average Bonchev–Trinajstić information content (AvgIpc) is 3.08. The van der Waals surface area contributed by atoms with Crippen molar-refractivity contribution in [2.75, 3.05) is 24.5 Å². The molecule has 2 aromatic carbocycles. The standard InChI is InChI=1S/C33H42N4O4/c1-24-14-13-19-27-29(26-17-9-6-10-18-26)34-31(35-33(40)41-23-25-15-7-5-8-16-25)32(39)37(30(24)27)22-28(38)36-20-11-3-2-4-12-21-36/h5,7-8,13-16,19,26,31H,2-4,6,9-12,17-18,20-23H2,1H3,(H,35,40). The Morgan fingerprint density at radius 2 is 1.59 bits per heavy atom. The number of nitrogens with zero attached hydrogens (tertiary/aromatic N) is 3. The van der Waals surface area contributed by atoms with Gasteiger partial charge in [0.2, 0.25) is 12.1 Å². The topological polar surface area (TPSA) is 91.3 Å². The maximum Gasteiger partial charge on any atom is 0.409 e. The first kappa shape index (κ1) is 28.8. The quantitative estimate of drug-likeness (QED) is 0.488. The minimum atomic E-state index is -1.18. The van der Waals surface area contributed by atoms with Gasteiger partial charge in [0.25, 0.3) is 5.91 Å². The summed E-state index contributed by atoms with van der Waals surface area (Å²) in [6.45, 7) is 3.39. The number of alkyl carbamates (subject to hydrolysis) is 1. The van der Waals surface area contributed by atoms with E-state index in [0.29, 0.717) is 13.1 Å². The Bertz CT molecular complexity index is 1250. The van der Waals surface area contributed by atoms with Crippen molar-refractivity contribution in [3.05, 3.63) is 65.2 Å². The number of anilines is 1. The summed E-state index contributed by atoms with van der Waals surface area (Å²) in [7, 11) is 0. The monoisotopic (exact) mass is 558 g/mol. The first-order valence-electron chi connectivity index (χ1n) is 15.3. The molecule has 1 N–H and O–H groups in total. The van der Waals surface area contributed by atoms with Gasteiger partial charge in [0.15, 0.2) is 0 Å². The van der Waals surface area contributed by atoms with Crippen molar-refractivity contribution < 1.29 is 19.1 Å². The van der Waals surface area contributed by atoms with E-state index in [1.807, 2.05) is 60.4 Å². The van der Waals surface area contributed by atoms with Gasteiger partial charge >= 0.3 is 6.09 Å². The molecular weight excluding hydrogens is 516 g/mol. The van der Waals surface area contributed by atoms with Gasteiger partial charge in [0.1, 0.15) is 13.2 Å². The molecule has 2 aromatic rings. The fourth-order valence-corrected chi connectivity index (χ4v) is 6.31. The largest absolute Gasteiger partial charge is 0.445 e. The van der Waals surface area contributed by atoms with Gasteiger partial charge in [-0.3, -0.25) is 24.8 Å². The number of ether oxygens (including phenoxy) is 1. The minimum absolute atomic E-state index is 0.0685. The van der Waals surface area contributed by atoms with E-state index in [9.17, 15) is 14.4 Å². The van der Waals surface area contributed by atoms with E-state index < -0.39 is 18.2 Å². The van der Waals surface area contributed by atoms with Gasteiger partial charge in [0.05, 0.1) is 11.4 Å². The summed E-state index contributed by atoms with van der Waals surface area (Å²) < 4.78 is 5.47. The van der Waals surface area contributed by atoms with Crippen LogP contribution >= 0.6 is 0 Å². The molecule has 0 aromatic heterocycles. The van der Waals surface area contributed by atoms with Gasteiger partial charge in [0, 0.05) is 24.6 Å². The van der Waals surface area contributed by atoms with Crippen molar-refractivity contribution in [3.63, 3.8) is 0 Å². The van der Waals surface area contributed by atoms with Crippen molar-refractivity contribution in [3.8, 4) is 0 Å². The molecule has 1 saturated carbocycles. The van der Waals surface area contributed by atoms with E-state index in [1.54, 1.807) is 4.90 Å². The van der Waals surface area contributed by atoms with Crippen LogP contribution in [0.2, 0.25) is 0 Å². The number of para-hydroxylation sites is 1. The Kier molecular flexibility index (Phi) is 9.70. The number of likely N-dealkylation sites (tertiary alicyclic amines) is 1. The second-order valence-corrected chi connectivity index (χ2v) is 11.5. The molecule has 0 bridgehead atoms. The molecule has 3 aliphatic rings. The van der Waals surface area contributed by atoms with Gasteiger partial charge in [-0.05, 0) is 43.7 Å². The third-order valence-electron chi connectivity index (χ3n) is 8.51. The van der Waals surface area contributed by atoms with Crippen LogP contribution in [0.5, 0.6) is 0 Å². The van der Waals surface area contributed by atoms with Gasteiger partial charge < -0.3 is 9.64 Å². The molecule has 2 aliphatic heterocycles. The van der Waals surface area contributed by atoms with Crippen molar-refractivity contribution in [1.82, 2.24) is 10.2 Å². The van der Waals surface area contributed by atoms with Crippen molar-refractivity contribution in [2.45, 2.75) is 83.9 Å². The molecule has 8 heteroatoms. The number of hydrogen-bond donors (Lipinski definition) is 1. The highest BCUT2D eigenvalue weighted by Gasteiger charge is 2.37. The van der Waals surface area contributed by atoms with E-state index in [-0.39, 0.29) is 25.0 Å². The lowest BCUT2D eigenvalue weighted by Crippen LogP contribution is -2.51. The molecule has 218 valence electrons. The first-order valence-corrected chi connectivity index (χ1v) is 15.3. The number of hydrogen-bond acceptors (Lipinski definition) is 5. The molecule has 1 atom stereocenters. The third kappa shape index (κ3) is 7.16. The first-order chi connectivity index (χ1) is 20.0. The lowest BCUT2D eigenvalue weighted by atomic mass is 9.82. The number of nitrogens with one attached hydrogen (secondary N) is 1. The summed E-state index contributed by atoms with van der Waals surface area (Å²) in [4.78, 5) is 49.2. The lowest BCUT2D eigenvalue weighted by molar-refractivity contribution is -0.132. The number of aliphatic imine (C=N–C) groups is 1. The second kappa shape index (κ2) is 13.8. The molecule has 1 aliphatic carbocycles. The molecule has 5 rings (SSSR count). The van der Waals surface area contributed by atoms with Crippen molar-refractivity contribution >= 4 is 29.3 Å². The van der Waals surface area contributed by atoms with Gasteiger partial charge in [-0.15, -0.1) is 0 Å². The molecule has 0 spiro atoms. The smallest absolute Gasteiger partial charge is 0.409 e. The van der Waals surface area contributed by atoms with E-state index in [2.05, 4.69) is 5.32 Å². The number of rotatable bonds is 6. The SMILES string of the molecule is Cc1cccc2c1N(CC(=O)N1CCCCCCC1)C(=O)C(NC(=O)OCc1ccccc1)N=C2C1CCCCC1.